The molecule has 3 heterocycles. The summed E-state index contributed by atoms with van der Waals surface area (Å²) < 4.78 is 19.3. The van der Waals surface area contributed by atoms with Gasteiger partial charge in [-0.3, -0.25) is 38.0 Å². The molecule has 6 atom stereocenters. The maximum Gasteiger partial charge on any atom is 0.469 e. The summed E-state index contributed by atoms with van der Waals surface area (Å²) in [6, 6.07) is 3.04. The maximum absolute atomic E-state index is 14.1. The fraction of sp³-hybridized carbons (Fsp3) is 0.568. The topological polar surface area (TPSA) is 324 Å². The van der Waals surface area contributed by atoms with E-state index in [0.29, 0.717) is 67.5 Å². The molecule has 70 heavy (non-hydrogen) atoms. The van der Waals surface area contributed by atoms with Crippen molar-refractivity contribution < 1.29 is 57.6 Å². The molecule has 9 N–H and O–H groups in total. The van der Waals surface area contributed by atoms with Gasteiger partial charge in [0, 0.05) is 56.0 Å². The lowest BCUT2D eigenvalue weighted by molar-refractivity contribution is -0.139. The van der Waals surface area contributed by atoms with Crippen molar-refractivity contribution in [3.63, 3.8) is 0 Å². The highest BCUT2D eigenvalue weighted by Crippen LogP contribution is 2.38. The van der Waals surface area contributed by atoms with E-state index in [4.69, 9.17) is 22.2 Å². The fourth-order valence-corrected chi connectivity index (χ4v) is 9.25. The number of nitrogens with zero attached hydrogens (tertiary/aromatic N) is 6. The standard InChI is InChI=1S/C44H65ClN11O12PS/c1-27(2)20-33(50-44(63)37-16-13-18-56(37)29(4)58)41(60)49-34(42(61)51-35(24-57)43(62)52-38(40(46)59)28(3)68-69(64,65)66)21-30-22-47-26-55(30)17-11-6-7-12-19-67-48-23-32-36(53-54(5)39(32)45)25-70-31-14-9-8-10-15-31/h8-10,14-15,22-23,26-28,33-35,37-38,57H,6-7,11-13,16-21,24-25H2,1-5H3,(H2,46,59)(H,49,60)(H,50,63)(H,51,61)(H,52,62)(H2,64,65,66)/b48-23+/t28-,33+,34+,35+,37+,38+/m1/s1. The molecule has 3 aromatic rings. The number of nitrogens with one attached hydrogen (secondary N) is 4. The number of halogens is 1. The van der Waals surface area contributed by atoms with E-state index >= 15 is 0 Å². The minimum absolute atomic E-state index is 0.108. The number of amides is 6. The number of phosphoric acid groups is 1. The number of benzene rings is 1. The SMILES string of the molecule is CC(=O)N1CCC[C@H]1C(=O)N[C@@H](CC(C)C)C(=O)N[C@@H](Cc1cncn1CCCCCCO/N=C/c1c(CSc2ccccc2)nn(C)c1Cl)C(=O)N[C@@H](CO)C(=O)N[C@H](C(N)=O)[C@@H](C)OP(=O)(O)O. The predicted molar refractivity (Wildman–Crippen MR) is 259 cm³/mol. The number of aliphatic hydroxyl groups is 1. The van der Waals surface area contributed by atoms with Crippen molar-refractivity contribution in [1.29, 1.82) is 0 Å². The summed E-state index contributed by atoms with van der Waals surface area (Å²) in [6.07, 6.45) is 7.01. The monoisotopic (exact) mass is 1040 g/mol. The van der Waals surface area contributed by atoms with Crippen molar-refractivity contribution >= 4 is 72.8 Å². The number of likely N-dealkylation sites (tertiary alicyclic amines) is 1. The highest BCUT2D eigenvalue weighted by atomic mass is 35.5. The van der Waals surface area contributed by atoms with E-state index < -0.39 is 80.3 Å². The van der Waals surface area contributed by atoms with Crippen LogP contribution in [0.1, 0.15) is 89.6 Å². The van der Waals surface area contributed by atoms with E-state index in [1.807, 2.05) is 44.2 Å². The third-order valence-electron chi connectivity index (χ3n) is 11.2. The van der Waals surface area contributed by atoms with E-state index in [9.17, 15) is 48.2 Å². The normalized spacial score (nSPS) is 16.1. The predicted octanol–water partition coefficient (Wildman–Crippen LogP) is 1.69. The Labute approximate surface area is 415 Å². The number of unbranched alkanes of at least 4 members (excludes halogenated alkanes) is 3. The van der Waals surface area contributed by atoms with Crippen LogP contribution in [0.25, 0.3) is 0 Å². The average Bonchev–Trinajstić information content (AvgIpc) is 4.04. The van der Waals surface area contributed by atoms with Gasteiger partial charge in [0.2, 0.25) is 35.4 Å². The lowest BCUT2D eigenvalue weighted by atomic mass is 10.0. The number of primary amides is 1. The second kappa shape index (κ2) is 27.9. The molecule has 2 aromatic heterocycles. The number of nitrogens with two attached hydrogens (primary N) is 1. The van der Waals surface area contributed by atoms with Crippen molar-refractivity contribution in [3.05, 3.63) is 65.0 Å². The largest absolute Gasteiger partial charge is 0.469 e. The van der Waals surface area contributed by atoms with Gasteiger partial charge in [0.15, 0.2) is 0 Å². The van der Waals surface area contributed by atoms with Gasteiger partial charge in [0.1, 0.15) is 42.0 Å². The van der Waals surface area contributed by atoms with Crippen LogP contribution in [-0.2, 0) is 68.5 Å². The number of aliphatic hydroxyl groups excluding tert-OH is 1. The quantitative estimate of drug-likeness (QED) is 0.0161. The molecule has 0 unspecified atom stereocenters. The summed E-state index contributed by atoms with van der Waals surface area (Å²) in [4.78, 5) is 110. The van der Waals surface area contributed by atoms with Gasteiger partial charge in [0.25, 0.3) is 0 Å². The number of hydrogen-bond donors (Lipinski definition) is 8. The zero-order chi connectivity index (χ0) is 51.5. The number of aryl methyl sites for hydroxylation is 2. The molecule has 1 aromatic carbocycles. The van der Waals surface area contributed by atoms with Gasteiger partial charge >= 0.3 is 7.82 Å². The van der Waals surface area contributed by atoms with Crippen LogP contribution in [0, 0.1) is 5.92 Å². The van der Waals surface area contributed by atoms with Crippen molar-refractivity contribution in [2.75, 3.05) is 19.8 Å². The van der Waals surface area contributed by atoms with E-state index in [1.165, 1.54) is 18.0 Å². The van der Waals surface area contributed by atoms with Crippen LogP contribution >= 0.6 is 31.2 Å². The van der Waals surface area contributed by atoms with Gasteiger partial charge in [-0.15, -0.1) is 11.8 Å². The number of phosphoric ester groups is 1. The molecule has 1 fully saturated rings. The molecular formula is C44H65ClN11O12PS. The van der Waals surface area contributed by atoms with E-state index in [2.05, 4.69) is 41.0 Å². The van der Waals surface area contributed by atoms with Gasteiger partial charge in [-0.25, -0.2) is 9.55 Å². The Hall–Kier alpha value is -5.36. The summed E-state index contributed by atoms with van der Waals surface area (Å²) in [7, 11) is -3.37. The summed E-state index contributed by atoms with van der Waals surface area (Å²) in [5.74, 6) is -4.40. The molecule has 0 saturated carbocycles. The molecule has 4 rings (SSSR count). The molecule has 1 aliphatic rings. The van der Waals surface area contributed by atoms with Gasteiger partial charge in [-0.05, 0) is 63.5 Å². The highest BCUT2D eigenvalue weighted by Gasteiger charge is 2.37. The minimum Gasteiger partial charge on any atom is -0.396 e. The van der Waals surface area contributed by atoms with Crippen molar-refractivity contribution in [3.8, 4) is 0 Å². The van der Waals surface area contributed by atoms with Crippen LogP contribution in [0.5, 0.6) is 0 Å². The van der Waals surface area contributed by atoms with Crippen LogP contribution in [-0.4, -0.2) is 137 Å². The Morgan fingerprint density at radius 1 is 0.986 bits per heavy atom. The lowest BCUT2D eigenvalue weighted by Gasteiger charge is -2.28. The molecule has 0 spiro atoms. The summed E-state index contributed by atoms with van der Waals surface area (Å²) >= 11 is 8.12. The molecule has 0 bridgehead atoms. The Morgan fingerprint density at radius 2 is 1.66 bits per heavy atom. The maximum atomic E-state index is 14.1. The first-order valence-corrected chi connectivity index (χ1v) is 25.7. The molecule has 23 nitrogen and oxygen atoms in total. The molecule has 1 saturated heterocycles. The van der Waals surface area contributed by atoms with Crippen molar-refractivity contribution in [2.45, 2.75) is 133 Å². The molecule has 26 heteroatoms. The van der Waals surface area contributed by atoms with Gasteiger partial charge < -0.3 is 56.2 Å². The first-order valence-electron chi connectivity index (χ1n) is 22.8. The smallest absolute Gasteiger partial charge is 0.396 e. The number of thioether (sulfide) groups is 1. The Morgan fingerprint density at radius 3 is 2.31 bits per heavy atom. The van der Waals surface area contributed by atoms with Crippen molar-refractivity contribution in [2.24, 2.45) is 23.9 Å². The number of rotatable bonds is 29. The van der Waals surface area contributed by atoms with Gasteiger partial charge in [-0.1, -0.05) is 55.2 Å². The average molecular weight is 1040 g/mol. The van der Waals surface area contributed by atoms with Crippen LogP contribution < -0.4 is 27.0 Å². The molecule has 0 aliphatic carbocycles. The summed E-state index contributed by atoms with van der Waals surface area (Å²) in [5.41, 5.74) is 7.34. The highest BCUT2D eigenvalue weighted by molar-refractivity contribution is 7.98. The lowest BCUT2D eigenvalue weighted by Crippen LogP contribution is -2.61. The number of carbonyl (C=O) groups excluding carboxylic acids is 6. The molecular weight excluding hydrogens is 973 g/mol. The molecule has 6 amide bonds. The first-order chi connectivity index (χ1) is 33.2. The number of oxime groups is 1. The Kier molecular flexibility index (Phi) is 22.8. The summed E-state index contributed by atoms with van der Waals surface area (Å²) in [5, 5.41) is 29.3. The molecule has 386 valence electrons. The van der Waals surface area contributed by atoms with Crippen LogP contribution in [0.2, 0.25) is 5.15 Å². The molecule has 1 aliphatic heterocycles. The van der Waals surface area contributed by atoms with Crippen molar-refractivity contribution in [1.82, 2.24) is 45.5 Å². The zero-order valence-electron chi connectivity index (χ0n) is 39.9. The van der Waals surface area contributed by atoms with E-state index in [1.54, 1.807) is 40.6 Å². The van der Waals surface area contributed by atoms with Gasteiger partial charge in [0.05, 0.1) is 36.5 Å². The summed E-state index contributed by atoms with van der Waals surface area (Å²) in [6.45, 7) is 6.33. The second-order valence-electron chi connectivity index (χ2n) is 17.2. The first kappa shape index (κ1) is 57.2. The third kappa shape index (κ3) is 18.1. The Bertz CT molecular complexity index is 2310. The number of imidazole rings is 1. The second-order valence-corrected chi connectivity index (χ2v) is 19.8. The van der Waals surface area contributed by atoms with Crippen LogP contribution in [0.4, 0.5) is 0 Å². The zero-order valence-corrected chi connectivity index (χ0v) is 42.3. The fourth-order valence-electron chi connectivity index (χ4n) is 7.63. The Balaban J connectivity index is 1.41. The minimum atomic E-state index is -5.13. The third-order valence-corrected chi connectivity index (χ3v) is 13.3. The van der Waals surface area contributed by atoms with Crippen LogP contribution in [0.15, 0.2) is 52.9 Å². The van der Waals surface area contributed by atoms with E-state index in [0.717, 1.165) is 30.4 Å². The molecule has 0 radical (unpaired) electrons. The number of carbonyl (C=O) groups is 6. The number of hydrogen-bond acceptors (Lipinski definition) is 14. The number of aromatic nitrogens is 4. The van der Waals surface area contributed by atoms with Gasteiger partial charge in [-0.2, -0.15) is 5.10 Å². The van der Waals surface area contributed by atoms with E-state index in [-0.39, 0.29) is 24.7 Å². The van der Waals surface area contributed by atoms with Crippen LogP contribution in [0.3, 0.4) is 0 Å².